The molecular weight excluding hydrogens is 296 g/mol. The summed E-state index contributed by atoms with van der Waals surface area (Å²) in [6.07, 6.45) is 7.07. The number of anilines is 1. The lowest BCUT2D eigenvalue weighted by Crippen LogP contribution is -2.33. The molecule has 1 aromatic carbocycles. The van der Waals surface area contributed by atoms with Gasteiger partial charge in [-0.15, -0.1) is 0 Å². The fourth-order valence-corrected chi connectivity index (χ4v) is 3.59. The van der Waals surface area contributed by atoms with Gasteiger partial charge in [0.25, 0.3) is 0 Å². The van der Waals surface area contributed by atoms with Crippen LogP contribution in [0.15, 0.2) is 18.2 Å². The van der Waals surface area contributed by atoms with Crippen molar-refractivity contribution in [2.45, 2.75) is 84.1 Å². The van der Waals surface area contributed by atoms with E-state index in [4.69, 9.17) is 0 Å². The van der Waals surface area contributed by atoms with Gasteiger partial charge in [-0.3, -0.25) is 4.79 Å². The monoisotopic (exact) mass is 330 g/mol. The predicted molar refractivity (Wildman–Crippen MR) is 103 cm³/mol. The molecule has 0 aliphatic heterocycles. The minimum Gasteiger partial charge on any atom is -0.326 e. The molecule has 0 spiro atoms. The second-order valence-corrected chi connectivity index (χ2v) is 7.71. The highest BCUT2D eigenvalue weighted by molar-refractivity contribution is 5.92. The van der Waals surface area contributed by atoms with Crippen LogP contribution in [0.2, 0.25) is 0 Å². The fraction of sp³-hybridized carbons (Fsp3) is 0.667. The molecule has 2 rings (SSSR count). The van der Waals surface area contributed by atoms with Crippen LogP contribution >= 0.6 is 0 Å². The van der Waals surface area contributed by atoms with Gasteiger partial charge in [-0.1, -0.05) is 65.2 Å². The van der Waals surface area contributed by atoms with Gasteiger partial charge in [-0.25, -0.2) is 0 Å². The molecule has 0 heterocycles. The zero-order chi connectivity index (χ0) is 17.5. The summed E-state index contributed by atoms with van der Waals surface area (Å²) < 4.78 is 0. The van der Waals surface area contributed by atoms with Crippen molar-refractivity contribution < 1.29 is 4.79 Å². The molecule has 1 aromatic rings. The van der Waals surface area contributed by atoms with Gasteiger partial charge < -0.3 is 10.6 Å². The number of carbonyl (C=O) groups is 1. The summed E-state index contributed by atoms with van der Waals surface area (Å²) in [5.74, 6) is 0.923. The van der Waals surface area contributed by atoms with E-state index in [9.17, 15) is 4.79 Å². The molecule has 0 bridgehead atoms. The van der Waals surface area contributed by atoms with E-state index in [1.54, 1.807) is 0 Å². The summed E-state index contributed by atoms with van der Waals surface area (Å²) in [5.41, 5.74) is 3.50. The Labute approximate surface area is 147 Å². The molecule has 3 heteroatoms. The molecule has 2 N–H and O–H groups in total. The van der Waals surface area contributed by atoms with Crippen LogP contribution in [0.3, 0.4) is 0 Å². The van der Waals surface area contributed by atoms with E-state index in [0.29, 0.717) is 24.3 Å². The number of benzene rings is 1. The number of para-hydroxylation sites is 1. The van der Waals surface area contributed by atoms with Crippen molar-refractivity contribution >= 4 is 11.6 Å². The van der Waals surface area contributed by atoms with Crippen LogP contribution in [0.5, 0.6) is 0 Å². The van der Waals surface area contributed by atoms with Crippen molar-refractivity contribution in [1.82, 2.24) is 5.32 Å². The third-order valence-electron chi connectivity index (χ3n) is 5.03. The second kappa shape index (κ2) is 9.22. The number of amides is 1. The summed E-state index contributed by atoms with van der Waals surface area (Å²) in [7, 11) is 0. The highest BCUT2D eigenvalue weighted by Crippen LogP contribution is 2.32. The normalized spacial score (nSPS) is 15.9. The molecule has 1 aliphatic rings. The van der Waals surface area contributed by atoms with Crippen molar-refractivity contribution in [3.05, 3.63) is 29.3 Å². The first-order chi connectivity index (χ1) is 11.5. The van der Waals surface area contributed by atoms with Crippen LogP contribution in [-0.2, 0) is 4.79 Å². The van der Waals surface area contributed by atoms with Crippen LogP contribution in [0.4, 0.5) is 5.69 Å². The quantitative estimate of drug-likeness (QED) is 0.723. The lowest BCUT2D eigenvalue weighted by molar-refractivity contribution is -0.116. The zero-order valence-corrected chi connectivity index (χ0v) is 15.8. The molecule has 1 saturated carbocycles. The smallest absolute Gasteiger partial charge is 0.225 e. The Balaban J connectivity index is 1.94. The third-order valence-corrected chi connectivity index (χ3v) is 5.03. The molecular formula is C21H34N2O. The van der Waals surface area contributed by atoms with Crippen LogP contribution in [0.25, 0.3) is 0 Å². The number of nitrogens with one attached hydrogen (secondary N) is 2. The summed E-state index contributed by atoms with van der Waals surface area (Å²) in [6, 6.07) is 6.98. The van der Waals surface area contributed by atoms with E-state index in [-0.39, 0.29) is 5.91 Å². The van der Waals surface area contributed by atoms with Crippen LogP contribution < -0.4 is 10.6 Å². The number of hydrogen-bond acceptors (Lipinski definition) is 2. The molecule has 134 valence electrons. The van der Waals surface area contributed by atoms with E-state index >= 15 is 0 Å². The molecule has 1 amide bonds. The van der Waals surface area contributed by atoms with Crippen molar-refractivity contribution in [2.24, 2.45) is 0 Å². The standard InChI is InChI=1S/C21H34N2O/c1-15(2)18-11-8-12-19(16(3)4)21(18)23-20(24)13-14-22-17-9-6-5-7-10-17/h8,11-12,15-17,22H,5-7,9-10,13-14H2,1-4H3,(H,23,24). The van der Waals surface area contributed by atoms with E-state index in [2.05, 4.69) is 56.5 Å². The second-order valence-electron chi connectivity index (χ2n) is 7.71. The topological polar surface area (TPSA) is 41.1 Å². The minimum absolute atomic E-state index is 0.119. The Hall–Kier alpha value is -1.35. The lowest BCUT2D eigenvalue weighted by Gasteiger charge is -2.23. The van der Waals surface area contributed by atoms with E-state index in [1.165, 1.54) is 43.2 Å². The van der Waals surface area contributed by atoms with Crippen molar-refractivity contribution in [2.75, 3.05) is 11.9 Å². The molecule has 0 radical (unpaired) electrons. The van der Waals surface area contributed by atoms with Gasteiger partial charge in [0, 0.05) is 24.7 Å². The summed E-state index contributed by atoms with van der Waals surface area (Å²) in [6.45, 7) is 9.50. The van der Waals surface area contributed by atoms with Crippen molar-refractivity contribution in [1.29, 1.82) is 0 Å². The SMILES string of the molecule is CC(C)c1cccc(C(C)C)c1NC(=O)CCNC1CCCCC1. The number of rotatable bonds is 7. The van der Waals surface area contributed by atoms with Gasteiger partial charge >= 0.3 is 0 Å². The van der Waals surface area contributed by atoms with Gasteiger partial charge in [0.1, 0.15) is 0 Å². The molecule has 24 heavy (non-hydrogen) atoms. The van der Waals surface area contributed by atoms with Crippen molar-refractivity contribution in [3.63, 3.8) is 0 Å². The Morgan fingerprint density at radius 2 is 1.62 bits per heavy atom. The first-order valence-electron chi connectivity index (χ1n) is 9.65. The predicted octanol–water partition coefficient (Wildman–Crippen LogP) is 5.18. The van der Waals surface area contributed by atoms with Crippen LogP contribution in [0.1, 0.15) is 89.2 Å². The highest BCUT2D eigenvalue weighted by atomic mass is 16.1. The van der Waals surface area contributed by atoms with E-state index < -0.39 is 0 Å². The molecule has 0 saturated heterocycles. The van der Waals surface area contributed by atoms with E-state index in [0.717, 1.165) is 12.2 Å². The molecule has 1 fully saturated rings. The van der Waals surface area contributed by atoms with Gasteiger partial charge in [-0.05, 0) is 35.8 Å². The minimum atomic E-state index is 0.119. The molecule has 1 aliphatic carbocycles. The number of hydrogen-bond donors (Lipinski definition) is 2. The summed E-state index contributed by atoms with van der Waals surface area (Å²) in [5, 5.41) is 6.75. The first-order valence-corrected chi connectivity index (χ1v) is 9.65. The van der Waals surface area contributed by atoms with Gasteiger partial charge in [0.15, 0.2) is 0 Å². The Morgan fingerprint density at radius 1 is 1.04 bits per heavy atom. The fourth-order valence-electron chi connectivity index (χ4n) is 3.59. The van der Waals surface area contributed by atoms with Crippen molar-refractivity contribution in [3.8, 4) is 0 Å². The lowest BCUT2D eigenvalue weighted by atomic mass is 9.92. The van der Waals surface area contributed by atoms with Crippen LogP contribution in [0, 0.1) is 0 Å². The largest absolute Gasteiger partial charge is 0.326 e. The first kappa shape index (κ1) is 19.0. The summed E-state index contributed by atoms with van der Waals surface area (Å²) in [4.78, 5) is 12.5. The molecule has 3 nitrogen and oxygen atoms in total. The van der Waals surface area contributed by atoms with Crippen LogP contribution in [-0.4, -0.2) is 18.5 Å². The average Bonchev–Trinajstić information content (AvgIpc) is 2.55. The van der Waals surface area contributed by atoms with E-state index in [1.807, 2.05) is 0 Å². The van der Waals surface area contributed by atoms with Gasteiger partial charge in [-0.2, -0.15) is 0 Å². The maximum atomic E-state index is 12.5. The Bertz CT molecular complexity index is 504. The van der Waals surface area contributed by atoms with Gasteiger partial charge in [0.05, 0.1) is 0 Å². The molecule has 0 aromatic heterocycles. The molecule has 0 unspecified atom stereocenters. The molecule has 0 atom stereocenters. The summed E-state index contributed by atoms with van der Waals surface area (Å²) >= 11 is 0. The average molecular weight is 331 g/mol. The number of carbonyl (C=O) groups excluding carboxylic acids is 1. The zero-order valence-electron chi connectivity index (χ0n) is 15.8. The maximum absolute atomic E-state index is 12.5. The Morgan fingerprint density at radius 3 is 2.17 bits per heavy atom. The third kappa shape index (κ3) is 5.34. The highest BCUT2D eigenvalue weighted by Gasteiger charge is 2.16. The Kier molecular flexibility index (Phi) is 7.29. The maximum Gasteiger partial charge on any atom is 0.225 e. The van der Waals surface area contributed by atoms with Gasteiger partial charge in [0.2, 0.25) is 5.91 Å².